The van der Waals surface area contributed by atoms with Crippen molar-refractivity contribution in [1.29, 1.82) is 0 Å². The molecule has 0 saturated carbocycles. The second kappa shape index (κ2) is 8.47. The number of likely N-dealkylation sites (N-methyl/N-ethyl adjacent to an activating group) is 1. The Labute approximate surface area is 188 Å². The van der Waals surface area contributed by atoms with Gasteiger partial charge in [-0.15, -0.1) is 0 Å². The number of alkyl halides is 3. The van der Waals surface area contributed by atoms with E-state index in [4.69, 9.17) is 12.2 Å². The summed E-state index contributed by atoms with van der Waals surface area (Å²) in [7, 11) is -5.46. The van der Waals surface area contributed by atoms with Crippen molar-refractivity contribution in [1.82, 2.24) is 4.90 Å². The Morgan fingerprint density at radius 2 is 1.58 bits per heavy atom. The molecule has 3 rings (SSSR count). The summed E-state index contributed by atoms with van der Waals surface area (Å²) in [4.78, 5) is 17.1. The van der Waals surface area contributed by atoms with Gasteiger partial charge in [-0.3, -0.25) is 9.69 Å². The molecule has 168 valence electrons. The molecular weight excluding hydrogens is 471 g/mol. The molecule has 1 aromatic carbocycles. The van der Waals surface area contributed by atoms with Crippen LogP contribution in [0.15, 0.2) is 46.0 Å². The number of fused-ring (bicyclic) bond motifs is 1. The Kier molecular flexibility index (Phi) is 6.45. The number of nitrogens with zero attached hydrogens (tertiary/aromatic N) is 3. The fraction of sp³-hybridized carbons (Fsp3) is 0.368. The molecule has 12 heteroatoms. The molecule has 0 aromatic heterocycles. The molecule has 0 aliphatic carbocycles. The summed E-state index contributed by atoms with van der Waals surface area (Å²) >= 11 is 6.39. The number of sulfone groups is 1. The fourth-order valence-electron chi connectivity index (χ4n) is 3.42. The monoisotopic (exact) mass is 491 g/mol. The number of allylic oxidation sites excluding steroid dienone is 2. The predicted octanol–water partition coefficient (Wildman–Crippen LogP) is 4.25. The maximum atomic E-state index is 13.0. The Hall–Kier alpha value is -2.05. The zero-order chi connectivity index (χ0) is 23.1. The number of amides is 1. The van der Waals surface area contributed by atoms with Gasteiger partial charge in [-0.2, -0.15) is 13.2 Å². The maximum absolute atomic E-state index is 13.0. The van der Waals surface area contributed by atoms with Gasteiger partial charge in [-0.1, -0.05) is 24.0 Å². The topological polar surface area (TPSA) is 60.9 Å². The fourth-order valence-corrected chi connectivity index (χ4v) is 5.53. The number of carbonyl (C=O) groups is 1. The Morgan fingerprint density at radius 1 is 1.00 bits per heavy atom. The van der Waals surface area contributed by atoms with Gasteiger partial charge in [0, 0.05) is 19.6 Å². The van der Waals surface area contributed by atoms with Crippen LogP contribution in [0.25, 0.3) is 0 Å². The zero-order valence-corrected chi connectivity index (χ0v) is 19.4. The molecule has 2 aliphatic rings. The first kappa shape index (κ1) is 23.6. The minimum absolute atomic E-state index is 0.200. The number of halogens is 3. The van der Waals surface area contributed by atoms with Crippen molar-refractivity contribution in [2.45, 2.75) is 31.2 Å². The largest absolute Gasteiger partial charge is 0.501 e. The first-order valence-electron chi connectivity index (χ1n) is 9.44. The van der Waals surface area contributed by atoms with Crippen LogP contribution < -0.4 is 9.80 Å². The lowest BCUT2D eigenvalue weighted by atomic mass is 10.2. The van der Waals surface area contributed by atoms with E-state index in [1.165, 1.54) is 22.7 Å². The first-order valence-corrected chi connectivity index (χ1v) is 12.1. The first-order chi connectivity index (χ1) is 14.5. The second-order valence-electron chi connectivity index (χ2n) is 6.56. The Morgan fingerprint density at radius 3 is 2.10 bits per heavy atom. The number of hydrogen-bond donors (Lipinski definition) is 0. The number of thiocarbonyl (C=S) groups is 1. The van der Waals surface area contributed by atoms with Crippen LogP contribution in [0.2, 0.25) is 0 Å². The van der Waals surface area contributed by atoms with Crippen molar-refractivity contribution in [2.75, 3.05) is 29.4 Å². The van der Waals surface area contributed by atoms with E-state index < -0.39 is 20.2 Å². The minimum Gasteiger partial charge on any atom is -0.326 e. The van der Waals surface area contributed by atoms with E-state index in [0.717, 1.165) is 12.1 Å². The smallest absolute Gasteiger partial charge is 0.326 e. The molecule has 1 amide bonds. The van der Waals surface area contributed by atoms with Gasteiger partial charge < -0.3 is 9.80 Å². The number of benzene rings is 1. The summed E-state index contributed by atoms with van der Waals surface area (Å²) in [6.45, 7) is 6.83. The van der Waals surface area contributed by atoms with Crippen molar-refractivity contribution in [3.63, 3.8) is 0 Å². The molecule has 6 nitrogen and oxygen atoms in total. The highest BCUT2D eigenvalue weighted by atomic mass is 32.2. The van der Waals surface area contributed by atoms with Crippen molar-refractivity contribution >= 4 is 55.4 Å². The van der Waals surface area contributed by atoms with Crippen LogP contribution in [0.4, 0.5) is 24.5 Å². The molecule has 0 spiro atoms. The van der Waals surface area contributed by atoms with E-state index in [1.54, 1.807) is 24.0 Å². The number of carbonyl (C=O) groups excluding carboxylic acids is 1. The zero-order valence-electron chi connectivity index (χ0n) is 16.9. The summed E-state index contributed by atoms with van der Waals surface area (Å²) in [6.07, 6.45) is 3.34. The standard InChI is InChI=1S/C19H20F3N3O3S3/c1-4-23-13-8-7-12(31(27,28)19(20,21)22)11-14(13)24(5-2)16(23)10-9-15-17(26)25(6-3)18(29)30-15/h7-11H,4-6H2,1-3H3/b15-9-,16-10-. The van der Waals surface area contributed by atoms with Crippen LogP contribution in [-0.2, 0) is 14.6 Å². The quantitative estimate of drug-likeness (QED) is 0.451. The highest BCUT2D eigenvalue weighted by Crippen LogP contribution is 2.44. The van der Waals surface area contributed by atoms with E-state index in [9.17, 15) is 26.4 Å². The summed E-state index contributed by atoms with van der Waals surface area (Å²) in [6, 6.07) is 3.38. The minimum atomic E-state index is -5.46. The Bertz CT molecular complexity index is 1100. The van der Waals surface area contributed by atoms with Crippen LogP contribution in [0, 0.1) is 0 Å². The lowest BCUT2D eigenvalue weighted by molar-refractivity contribution is -0.122. The average molecular weight is 492 g/mol. The molecule has 0 N–H and O–H groups in total. The van der Waals surface area contributed by atoms with Gasteiger partial charge in [0.2, 0.25) is 0 Å². The molecule has 1 saturated heterocycles. The Balaban J connectivity index is 2.06. The van der Waals surface area contributed by atoms with Crippen molar-refractivity contribution in [2.24, 2.45) is 0 Å². The number of anilines is 2. The van der Waals surface area contributed by atoms with Gasteiger partial charge in [-0.05, 0) is 51.1 Å². The third-order valence-corrected chi connectivity index (χ3v) is 7.78. The highest BCUT2D eigenvalue weighted by molar-refractivity contribution is 8.26. The van der Waals surface area contributed by atoms with Crippen molar-refractivity contribution in [3.8, 4) is 0 Å². The van der Waals surface area contributed by atoms with Crippen molar-refractivity contribution in [3.05, 3.63) is 41.1 Å². The predicted molar refractivity (Wildman–Crippen MR) is 119 cm³/mol. The summed E-state index contributed by atoms with van der Waals surface area (Å²) in [5, 5.41) is 0. The van der Waals surface area contributed by atoms with E-state index in [-0.39, 0.29) is 5.91 Å². The van der Waals surface area contributed by atoms with Crippen LogP contribution >= 0.6 is 24.0 Å². The molecule has 2 aliphatic heterocycles. The molecule has 0 atom stereocenters. The van der Waals surface area contributed by atoms with E-state index in [0.29, 0.717) is 46.1 Å². The second-order valence-corrected chi connectivity index (χ2v) is 10.2. The van der Waals surface area contributed by atoms with Crippen LogP contribution in [0.5, 0.6) is 0 Å². The van der Waals surface area contributed by atoms with Gasteiger partial charge in [0.25, 0.3) is 15.7 Å². The summed E-state index contributed by atoms with van der Waals surface area (Å²) in [5.41, 5.74) is -4.43. The molecule has 31 heavy (non-hydrogen) atoms. The summed E-state index contributed by atoms with van der Waals surface area (Å²) in [5.74, 6) is 0.429. The summed E-state index contributed by atoms with van der Waals surface area (Å²) < 4.78 is 63.2. The molecule has 0 unspecified atom stereocenters. The van der Waals surface area contributed by atoms with Crippen LogP contribution in [-0.4, -0.2) is 48.7 Å². The van der Waals surface area contributed by atoms with E-state index in [2.05, 4.69) is 0 Å². The van der Waals surface area contributed by atoms with Crippen LogP contribution in [0.3, 0.4) is 0 Å². The van der Waals surface area contributed by atoms with Gasteiger partial charge >= 0.3 is 5.51 Å². The highest BCUT2D eigenvalue weighted by Gasteiger charge is 2.47. The van der Waals surface area contributed by atoms with E-state index >= 15 is 0 Å². The molecule has 1 aromatic rings. The molecule has 1 fully saturated rings. The number of rotatable bonds is 5. The number of hydrogen-bond acceptors (Lipinski definition) is 7. The third kappa shape index (κ3) is 3.96. The normalized spacial score (nSPS) is 19.9. The molecular formula is C19H20F3N3O3S3. The SMILES string of the molecule is CCN1C(=O)/C(=C/C=C2/N(CC)c3ccc(S(=O)(=O)C(F)(F)F)cc3N2CC)SC1=S. The maximum Gasteiger partial charge on any atom is 0.501 e. The van der Waals surface area contributed by atoms with Gasteiger partial charge in [0.05, 0.1) is 21.2 Å². The molecule has 0 bridgehead atoms. The van der Waals surface area contributed by atoms with Crippen molar-refractivity contribution < 1.29 is 26.4 Å². The lowest BCUT2D eigenvalue weighted by Crippen LogP contribution is -2.28. The molecule has 2 heterocycles. The van der Waals surface area contributed by atoms with Gasteiger partial charge in [0.1, 0.15) is 10.1 Å². The van der Waals surface area contributed by atoms with Gasteiger partial charge in [-0.25, -0.2) is 8.42 Å². The van der Waals surface area contributed by atoms with E-state index in [1.807, 2.05) is 18.7 Å². The van der Waals surface area contributed by atoms with Crippen LogP contribution in [0.1, 0.15) is 20.8 Å². The van der Waals surface area contributed by atoms with Gasteiger partial charge in [0.15, 0.2) is 0 Å². The molecule has 0 radical (unpaired) electrons. The third-order valence-electron chi connectivity index (χ3n) is 4.90. The number of thioether (sulfide) groups is 1. The lowest BCUT2D eigenvalue weighted by Gasteiger charge is -2.23. The average Bonchev–Trinajstić information content (AvgIpc) is 3.16.